The van der Waals surface area contributed by atoms with Crippen molar-refractivity contribution < 1.29 is 0 Å². The summed E-state index contributed by atoms with van der Waals surface area (Å²) in [6.45, 7) is 7.05. The van der Waals surface area contributed by atoms with Crippen LogP contribution in [0, 0.1) is 5.92 Å². The van der Waals surface area contributed by atoms with Crippen molar-refractivity contribution in [2.75, 3.05) is 0 Å². The van der Waals surface area contributed by atoms with E-state index >= 15 is 0 Å². The third-order valence-electron chi connectivity index (χ3n) is 3.51. The summed E-state index contributed by atoms with van der Waals surface area (Å²) in [5.41, 5.74) is 0. The molecule has 0 amide bonds. The standard InChI is InChI=1S/C10H19N/c1-7(2)11-8(3)6-9-4-5-10(9)11/h7-10H,4-6H2,1-3H3. The van der Waals surface area contributed by atoms with Crippen LogP contribution in [0.15, 0.2) is 0 Å². The number of fused-ring (bicyclic) bond motifs is 1. The summed E-state index contributed by atoms with van der Waals surface area (Å²) in [5, 5.41) is 0. The van der Waals surface area contributed by atoms with Gasteiger partial charge in [-0.2, -0.15) is 0 Å². The summed E-state index contributed by atoms with van der Waals surface area (Å²) in [6, 6.07) is 2.58. The lowest BCUT2D eigenvalue weighted by atomic mass is 9.80. The van der Waals surface area contributed by atoms with Gasteiger partial charge in [0.2, 0.25) is 0 Å². The maximum absolute atomic E-state index is 2.72. The van der Waals surface area contributed by atoms with Crippen molar-refractivity contribution in [2.24, 2.45) is 5.92 Å². The highest BCUT2D eigenvalue weighted by molar-refractivity contribution is 4.99. The minimum Gasteiger partial charge on any atom is -0.295 e. The van der Waals surface area contributed by atoms with Crippen molar-refractivity contribution in [1.29, 1.82) is 0 Å². The average Bonchev–Trinajstić information content (AvgIpc) is 2.10. The van der Waals surface area contributed by atoms with Crippen LogP contribution in [0.25, 0.3) is 0 Å². The van der Waals surface area contributed by atoms with Crippen molar-refractivity contribution in [2.45, 2.75) is 58.2 Å². The van der Waals surface area contributed by atoms with Crippen molar-refractivity contribution in [3.63, 3.8) is 0 Å². The quantitative estimate of drug-likeness (QED) is 0.558. The van der Waals surface area contributed by atoms with Crippen LogP contribution in [0.5, 0.6) is 0 Å². The summed E-state index contributed by atoms with van der Waals surface area (Å²) in [6.07, 6.45) is 4.42. The summed E-state index contributed by atoms with van der Waals surface area (Å²) in [7, 11) is 0. The molecule has 3 unspecified atom stereocenters. The van der Waals surface area contributed by atoms with Crippen LogP contribution >= 0.6 is 0 Å². The predicted molar refractivity (Wildman–Crippen MR) is 47.6 cm³/mol. The van der Waals surface area contributed by atoms with Gasteiger partial charge < -0.3 is 0 Å². The summed E-state index contributed by atoms with van der Waals surface area (Å²) in [4.78, 5) is 2.72. The molecule has 1 nitrogen and oxygen atoms in total. The number of likely N-dealkylation sites (tertiary alicyclic amines) is 1. The molecule has 0 aromatic carbocycles. The minimum atomic E-state index is 0.764. The Morgan fingerprint density at radius 2 is 2.00 bits per heavy atom. The van der Waals surface area contributed by atoms with Crippen molar-refractivity contribution in [1.82, 2.24) is 4.90 Å². The number of rotatable bonds is 1. The second-order valence-electron chi connectivity index (χ2n) is 4.53. The van der Waals surface area contributed by atoms with E-state index in [1.807, 2.05) is 0 Å². The Bertz CT molecular complexity index is 153. The van der Waals surface area contributed by atoms with E-state index in [0.717, 1.165) is 24.0 Å². The molecule has 1 aliphatic carbocycles. The highest BCUT2D eigenvalue weighted by Crippen LogP contribution is 2.44. The van der Waals surface area contributed by atoms with Gasteiger partial charge in [-0.25, -0.2) is 0 Å². The van der Waals surface area contributed by atoms with Crippen LogP contribution in [0.3, 0.4) is 0 Å². The topological polar surface area (TPSA) is 3.24 Å². The first-order chi connectivity index (χ1) is 5.20. The first kappa shape index (κ1) is 7.60. The number of nitrogens with zero attached hydrogens (tertiary/aromatic N) is 1. The van der Waals surface area contributed by atoms with Gasteiger partial charge in [0.15, 0.2) is 0 Å². The third-order valence-corrected chi connectivity index (χ3v) is 3.51. The van der Waals surface area contributed by atoms with Crippen molar-refractivity contribution >= 4 is 0 Å². The Morgan fingerprint density at radius 1 is 1.27 bits per heavy atom. The molecule has 0 aromatic heterocycles. The molecule has 0 aromatic rings. The van der Waals surface area contributed by atoms with E-state index in [-0.39, 0.29) is 0 Å². The lowest BCUT2D eigenvalue weighted by Gasteiger charge is -2.39. The summed E-state index contributed by atoms with van der Waals surface area (Å²) in [5.74, 6) is 1.06. The molecule has 1 saturated heterocycles. The molecule has 64 valence electrons. The highest BCUT2D eigenvalue weighted by Gasteiger charge is 2.45. The van der Waals surface area contributed by atoms with E-state index in [4.69, 9.17) is 0 Å². The second kappa shape index (κ2) is 2.48. The SMILES string of the molecule is CC(C)N1C(C)CC2CCC21. The molecule has 0 radical (unpaired) electrons. The average molecular weight is 153 g/mol. The molecule has 2 rings (SSSR count). The van der Waals surface area contributed by atoms with Gasteiger partial charge in [-0.05, 0) is 46.0 Å². The zero-order valence-corrected chi connectivity index (χ0v) is 7.88. The molecule has 1 heteroatoms. The number of hydrogen-bond acceptors (Lipinski definition) is 1. The molecule has 0 spiro atoms. The lowest BCUT2D eigenvalue weighted by Crippen LogP contribution is -2.45. The Hall–Kier alpha value is -0.0400. The molecule has 0 bridgehead atoms. The maximum atomic E-state index is 2.72. The highest BCUT2D eigenvalue weighted by atomic mass is 15.2. The Kier molecular flexibility index (Phi) is 1.71. The van der Waals surface area contributed by atoms with Gasteiger partial charge >= 0.3 is 0 Å². The van der Waals surface area contributed by atoms with Crippen LogP contribution < -0.4 is 0 Å². The van der Waals surface area contributed by atoms with Gasteiger partial charge in [0, 0.05) is 18.1 Å². The zero-order chi connectivity index (χ0) is 8.01. The van der Waals surface area contributed by atoms with Gasteiger partial charge in [-0.3, -0.25) is 4.90 Å². The molecule has 1 aliphatic heterocycles. The van der Waals surface area contributed by atoms with Gasteiger partial charge in [-0.15, -0.1) is 0 Å². The Balaban J connectivity index is 2.07. The maximum Gasteiger partial charge on any atom is 0.0130 e. The first-order valence-corrected chi connectivity index (χ1v) is 4.97. The molecule has 3 atom stereocenters. The summed E-state index contributed by atoms with van der Waals surface area (Å²) >= 11 is 0. The zero-order valence-electron chi connectivity index (χ0n) is 7.88. The van der Waals surface area contributed by atoms with E-state index in [1.165, 1.54) is 19.3 Å². The smallest absolute Gasteiger partial charge is 0.0130 e. The van der Waals surface area contributed by atoms with Gasteiger partial charge in [0.05, 0.1) is 0 Å². The van der Waals surface area contributed by atoms with Crippen LogP contribution in [0.4, 0.5) is 0 Å². The van der Waals surface area contributed by atoms with Gasteiger partial charge in [0.25, 0.3) is 0 Å². The van der Waals surface area contributed by atoms with Gasteiger partial charge in [0.1, 0.15) is 0 Å². The molecular formula is C10H19N. The fourth-order valence-electron chi connectivity index (χ4n) is 3.00. The molecule has 0 N–H and O–H groups in total. The van der Waals surface area contributed by atoms with E-state index in [0.29, 0.717) is 0 Å². The Morgan fingerprint density at radius 3 is 2.27 bits per heavy atom. The van der Waals surface area contributed by atoms with Crippen molar-refractivity contribution in [3.8, 4) is 0 Å². The monoisotopic (exact) mass is 153 g/mol. The molecule has 2 aliphatic rings. The largest absolute Gasteiger partial charge is 0.295 e. The van der Waals surface area contributed by atoms with Crippen molar-refractivity contribution in [3.05, 3.63) is 0 Å². The van der Waals surface area contributed by atoms with Crippen LogP contribution in [-0.4, -0.2) is 23.0 Å². The van der Waals surface area contributed by atoms with E-state index in [2.05, 4.69) is 25.7 Å². The predicted octanol–water partition coefficient (Wildman–Crippen LogP) is 2.27. The van der Waals surface area contributed by atoms with E-state index in [1.54, 1.807) is 0 Å². The Labute approximate surface area is 69.8 Å². The third kappa shape index (κ3) is 1.01. The minimum absolute atomic E-state index is 0.764. The summed E-state index contributed by atoms with van der Waals surface area (Å²) < 4.78 is 0. The van der Waals surface area contributed by atoms with Gasteiger partial charge in [-0.1, -0.05) is 0 Å². The normalized spacial score (nSPS) is 44.2. The molecule has 1 heterocycles. The molecule has 2 fully saturated rings. The molecule has 11 heavy (non-hydrogen) atoms. The van der Waals surface area contributed by atoms with Crippen LogP contribution in [0.1, 0.15) is 40.0 Å². The van der Waals surface area contributed by atoms with E-state index < -0.39 is 0 Å². The van der Waals surface area contributed by atoms with Crippen LogP contribution in [-0.2, 0) is 0 Å². The fraction of sp³-hybridized carbons (Fsp3) is 1.00. The fourth-order valence-corrected chi connectivity index (χ4v) is 3.00. The van der Waals surface area contributed by atoms with Crippen LogP contribution in [0.2, 0.25) is 0 Å². The molecular weight excluding hydrogens is 134 g/mol. The lowest BCUT2D eigenvalue weighted by molar-refractivity contribution is 0.0934. The number of hydrogen-bond donors (Lipinski definition) is 0. The molecule has 1 saturated carbocycles. The second-order valence-corrected chi connectivity index (χ2v) is 4.53. The first-order valence-electron chi connectivity index (χ1n) is 4.97. The van der Waals surface area contributed by atoms with E-state index in [9.17, 15) is 0 Å².